The molecule has 0 atom stereocenters. The Morgan fingerprint density at radius 2 is 1.95 bits per heavy atom. The molecule has 3 aromatic rings. The summed E-state index contributed by atoms with van der Waals surface area (Å²) in [6.07, 6.45) is 1.21. The molecule has 3 rings (SSSR count). The monoisotopic (exact) mass is 320 g/mol. The van der Waals surface area contributed by atoms with Crippen molar-refractivity contribution >= 4 is 26.9 Å². The van der Waals surface area contributed by atoms with Gasteiger partial charge in [0.1, 0.15) is 11.3 Å². The molecule has 0 fully saturated rings. The topological polar surface area (TPSA) is 113 Å². The van der Waals surface area contributed by atoms with E-state index in [0.29, 0.717) is 11.1 Å². The maximum Gasteiger partial charge on any atom is 0.346 e. The van der Waals surface area contributed by atoms with Crippen molar-refractivity contribution in [3.05, 3.63) is 59.0 Å². The maximum atomic E-state index is 12.2. The molecule has 0 radical (unpaired) electrons. The number of hydrogen-bond acceptors (Lipinski definition) is 7. The number of rotatable bonds is 4. The van der Waals surface area contributed by atoms with Crippen molar-refractivity contribution < 1.29 is 21.9 Å². The van der Waals surface area contributed by atoms with Crippen molar-refractivity contribution in [2.75, 3.05) is 0 Å². The van der Waals surface area contributed by atoms with Gasteiger partial charge in [0, 0.05) is 12.1 Å². The SMILES string of the molecule is O=[N+]([O-])c1ccccc1S(=O)(=O)Oc1ccc2ocnc2c1. The number of benzene rings is 2. The van der Waals surface area contributed by atoms with Crippen LogP contribution in [0.5, 0.6) is 5.75 Å². The Kier molecular flexibility index (Phi) is 3.26. The second-order valence-electron chi connectivity index (χ2n) is 4.24. The van der Waals surface area contributed by atoms with Gasteiger partial charge in [0.2, 0.25) is 0 Å². The lowest BCUT2D eigenvalue weighted by Crippen LogP contribution is -2.11. The molecule has 0 saturated heterocycles. The van der Waals surface area contributed by atoms with Gasteiger partial charge in [-0.3, -0.25) is 10.1 Å². The third kappa shape index (κ3) is 2.49. The molecule has 0 bridgehead atoms. The molecule has 0 aliphatic heterocycles. The normalized spacial score (nSPS) is 11.5. The summed E-state index contributed by atoms with van der Waals surface area (Å²) < 4.78 is 34.4. The van der Waals surface area contributed by atoms with Crippen LogP contribution in [0.1, 0.15) is 0 Å². The molecule has 112 valence electrons. The Hall–Kier alpha value is -2.94. The molecule has 2 aromatic carbocycles. The molecule has 0 aliphatic carbocycles. The van der Waals surface area contributed by atoms with Crippen molar-refractivity contribution in [2.24, 2.45) is 0 Å². The molecule has 1 heterocycles. The highest BCUT2D eigenvalue weighted by molar-refractivity contribution is 7.87. The number of nitro groups is 1. The van der Waals surface area contributed by atoms with Crippen molar-refractivity contribution in [3.63, 3.8) is 0 Å². The Bertz CT molecular complexity index is 963. The van der Waals surface area contributed by atoms with E-state index in [9.17, 15) is 18.5 Å². The van der Waals surface area contributed by atoms with Gasteiger partial charge in [0.15, 0.2) is 16.9 Å². The molecule has 0 spiro atoms. The average molecular weight is 320 g/mol. The summed E-state index contributed by atoms with van der Waals surface area (Å²) in [5, 5.41) is 10.9. The average Bonchev–Trinajstić information content (AvgIpc) is 2.94. The van der Waals surface area contributed by atoms with Gasteiger partial charge in [-0.15, -0.1) is 0 Å². The molecule has 0 saturated carbocycles. The predicted octanol–water partition coefficient (Wildman–Crippen LogP) is 2.50. The number of nitrogens with zero attached hydrogens (tertiary/aromatic N) is 2. The minimum absolute atomic E-state index is 0.0143. The van der Waals surface area contributed by atoms with Gasteiger partial charge < -0.3 is 8.60 Å². The largest absolute Gasteiger partial charge is 0.443 e. The lowest BCUT2D eigenvalue weighted by molar-refractivity contribution is -0.387. The van der Waals surface area contributed by atoms with Crippen molar-refractivity contribution in [1.82, 2.24) is 4.98 Å². The van der Waals surface area contributed by atoms with Crippen LogP contribution in [0.3, 0.4) is 0 Å². The number of oxazole rings is 1. The minimum atomic E-state index is -4.34. The fourth-order valence-electron chi connectivity index (χ4n) is 1.88. The van der Waals surface area contributed by atoms with Crippen molar-refractivity contribution in [2.45, 2.75) is 4.90 Å². The fraction of sp³-hybridized carbons (Fsp3) is 0. The van der Waals surface area contributed by atoms with Gasteiger partial charge in [-0.05, 0) is 18.2 Å². The maximum absolute atomic E-state index is 12.2. The first-order valence-corrected chi connectivity index (χ1v) is 7.39. The third-order valence-corrected chi connectivity index (χ3v) is 4.13. The van der Waals surface area contributed by atoms with Crippen molar-refractivity contribution in [1.29, 1.82) is 0 Å². The molecule has 0 aliphatic rings. The predicted molar refractivity (Wildman–Crippen MR) is 74.9 cm³/mol. The minimum Gasteiger partial charge on any atom is -0.443 e. The van der Waals surface area contributed by atoms with Crippen LogP contribution in [0.2, 0.25) is 0 Å². The van der Waals surface area contributed by atoms with Crippen LogP contribution in [0.4, 0.5) is 5.69 Å². The summed E-state index contributed by atoms with van der Waals surface area (Å²) in [5.74, 6) is -0.0143. The van der Waals surface area contributed by atoms with E-state index in [0.717, 1.165) is 12.1 Å². The van der Waals surface area contributed by atoms with E-state index in [1.165, 1.54) is 36.7 Å². The number of nitro benzene ring substituents is 1. The van der Waals surface area contributed by atoms with E-state index in [2.05, 4.69) is 4.98 Å². The Balaban J connectivity index is 2.01. The highest BCUT2D eigenvalue weighted by Gasteiger charge is 2.27. The molecule has 0 unspecified atom stereocenters. The van der Waals surface area contributed by atoms with E-state index in [-0.39, 0.29) is 5.75 Å². The summed E-state index contributed by atoms with van der Waals surface area (Å²) in [6, 6.07) is 9.19. The van der Waals surface area contributed by atoms with E-state index in [1.54, 1.807) is 0 Å². The van der Waals surface area contributed by atoms with E-state index >= 15 is 0 Å². The van der Waals surface area contributed by atoms with Gasteiger partial charge in [-0.1, -0.05) is 12.1 Å². The summed E-state index contributed by atoms with van der Waals surface area (Å²) in [4.78, 5) is 13.5. The second-order valence-corrected chi connectivity index (χ2v) is 5.76. The molecular formula is C13H8N2O6S. The number of aromatic nitrogens is 1. The third-order valence-electron chi connectivity index (χ3n) is 2.84. The fourth-order valence-corrected chi connectivity index (χ4v) is 2.97. The molecule has 0 amide bonds. The van der Waals surface area contributed by atoms with E-state index in [1.807, 2.05) is 0 Å². The first-order chi connectivity index (χ1) is 10.5. The van der Waals surface area contributed by atoms with Crippen LogP contribution in [0, 0.1) is 10.1 Å². The van der Waals surface area contributed by atoms with E-state index in [4.69, 9.17) is 8.60 Å². The van der Waals surface area contributed by atoms with Crippen LogP contribution in [0.25, 0.3) is 11.1 Å². The van der Waals surface area contributed by atoms with Gasteiger partial charge in [0.25, 0.3) is 5.69 Å². The standard InChI is InChI=1S/C13H8N2O6S/c16-15(17)11-3-1-2-4-13(11)22(18,19)21-9-5-6-12-10(7-9)14-8-20-12/h1-8H. The molecular weight excluding hydrogens is 312 g/mol. The van der Waals surface area contributed by atoms with Gasteiger partial charge in [-0.2, -0.15) is 8.42 Å². The summed E-state index contributed by atoms with van der Waals surface area (Å²) in [5.41, 5.74) is 0.329. The van der Waals surface area contributed by atoms with Crippen LogP contribution in [-0.4, -0.2) is 18.3 Å². The van der Waals surface area contributed by atoms with Crippen LogP contribution >= 0.6 is 0 Å². The van der Waals surface area contributed by atoms with Gasteiger partial charge in [0.05, 0.1) is 4.92 Å². The highest BCUT2D eigenvalue weighted by Crippen LogP contribution is 2.27. The molecule has 22 heavy (non-hydrogen) atoms. The zero-order chi connectivity index (χ0) is 15.7. The van der Waals surface area contributed by atoms with Crippen molar-refractivity contribution in [3.8, 4) is 5.75 Å². The smallest absolute Gasteiger partial charge is 0.346 e. The Labute approximate surface area is 124 Å². The summed E-state index contributed by atoms with van der Waals surface area (Å²) in [7, 11) is -4.34. The lowest BCUT2D eigenvalue weighted by atomic mass is 10.3. The molecule has 0 N–H and O–H groups in total. The quantitative estimate of drug-likeness (QED) is 0.412. The van der Waals surface area contributed by atoms with Gasteiger partial charge >= 0.3 is 10.1 Å². The number of hydrogen-bond donors (Lipinski definition) is 0. The second kappa shape index (κ2) is 5.11. The zero-order valence-corrected chi connectivity index (χ0v) is 11.7. The van der Waals surface area contributed by atoms with Crippen LogP contribution in [-0.2, 0) is 10.1 Å². The zero-order valence-electron chi connectivity index (χ0n) is 10.9. The Morgan fingerprint density at radius 1 is 1.18 bits per heavy atom. The highest BCUT2D eigenvalue weighted by atomic mass is 32.2. The van der Waals surface area contributed by atoms with Crippen LogP contribution < -0.4 is 4.18 Å². The first-order valence-electron chi connectivity index (χ1n) is 5.98. The lowest BCUT2D eigenvalue weighted by Gasteiger charge is -2.07. The number of fused-ring (bicyclic) bond motifs is 1. The van der Waals surface area contributed by atoms with Gasteiger partial charge in [-0.25, -0.2) is 4.98 Å². The van der Waals surface area contributed by atoms with Crippen LogP contribution in [0.15, 0.2) is 58.2 Å². The molecule has 8 nitrogen and oxygen atoms in total. The first kappa shape index (κ1) is 14.0. The molecule has 1 aromatic heterocycles. The molecule has 9 heteroatoms. The summed E-state index contributed by atoms with van der Waals surface area (Å²) >= 11 is 0. The number of para-hydroxylation sites is 1. The Morgan fingerprint density at radius 3 is 2.73 bits per heavy atom. The van der Waals surface area contributed by atoms with E-state index < -0.39 is 25.6 Å². The summed E-state index contributed by atoms with van der Waals surface area (Å²) in [6.45, 7) is 0.